The maximum Gasteiger partial charge on any atom is 0.107 e. The maximum absolute atomic E-state index is 2.99. The minimum Gasteiger partial charge on any atom is -0.320 e. The molecule has 0 aromatic carbocycles. The Balaban J connectivity index is 2.51. The van der Waals surface area contributed by atoms with Crippen LogP contribution in [0.3, 0.4) is 0 Å². The summed E-state index contributed by atoms with van der Waals surface area (Å²) in [6, 6.07) is 0. The van der Waals surface area contributed by atoms with Crippen molar-refractivity contribution < 1.29 is 0 Å². The molecule has 1 rings (SSSR count). The molecule has 1 nitrogen and oxygen atoms in total. The number of piperidine rings is 1. The Bertz CT molecular complexity index is 159. The largest absolute Gasteiger partial charge is 0.320 e. The van der Waals surface area contributed by atoms with Crippen molar-refractivity contribution in [3.8, 4) is 0 Å². The van der Waals surface area contributed by atoms with Gasteiger partial charge in [-0.15, -0.1) is 9.24 Å². The summed E-state index contributed by atoms with van der Waals surface area (Å²) in [4.78, 5) is 2.59. The summed E-state index contributed by atoms with van der Waals surface area (Å²) < 4.78 is 0. The number of nitrogens with zero attached hydrogens (tertiary/aromatic N) is 1. The standard InChI is InChI=1S/C7H19B3NP/c1-5-2-3-11(4-6(5)12)7(8,9)10/h5-6H,2-4,8-10,12H2,1H3/t5-,6?/m1/s1. The van der Waals surface area contributed by atoms with Gasteiger partial charge in [0.25, 0.3) is 0 Å². The van der Waals surface area contributed by atoms with E-state index in [1.165, 1.54) is 19.5 Å². The molecule has 0 radical (unpaired) electrons. The van der Waals surface area contributed by atoms with Crippen molar-refractivity contribution in [3.63, 3.8) is 0 Å². The lowest BCUT2D eigenvalue weighted by Gasteiger charge is -2.43. The van der Waals surface area contributed by atoms with E-state index in [4.69, 9.17) is 0 Å². The Morgan fingerprint density at radius 3 is 2.42 bits per heavy atom. The summed E-state index contributed by atoms with van der Waals surface area (Å²) in [6.07, 6.45) is 1.35. The molecule has 12 heavy (non-hydrogen) atoms. The summed E-state index contributed by atoms with van der Waals surface area (Å²) >= 11 is 0. The van der Waals surface area contributed by atoms with Crippen molar-refractivity contribution in [1.29, 1.82) is 0 Å². The zero-order valence-corrected chi connectivity index (χ0v) is 9.96. The number of hydrogen-bond donors (Lipinski definition) is 0. The molecule has 66 valence electrons. The summed E-state index contributed by atoms with van der Waals surface area (Å²) in [5.41, 5.74) is 0.790. The van der Waals surface area contributed by atoms with E-state index in [2.05, 4.69) is 44.6 Å². The fraction of sp³-hybridized carbons (Fsp3) is 1.00. The van der Waals surface area contributed by atoms with Gasteiger partial charge in [-0.05, 0) is 24.5 Å². The summed E-state index contributed by atoms with van der Waals surface area (Å²) in [7, 11) is 9.90. The Morgan fingerprint density at radius 2 is 2.00 bits per heavy atom. The van der Waals surface area contributed by atoms with Crippen LogP contribution in [0.4, 0.5) is 0 Å². The Hall–Kier alpha value is 0.585. The predicted octanol–water partition coefficient (Wildman–Crippen LogP) is -1.92. The minimum absolute atomic E-state index is 0.356. The lowest BCUT2D eigenvalue weighted by atomic mass is 9.48. The van der Waals surface area contributed by atoms with Crippen LogP contribution < -0.4 is 0 Å². The zero-order chi connectivity index (χ0) is 9.35. The van der Waals surface area contributed by atoms with Crippen molar-refractivity contribution in [2.45, 2.75) is 24.2 Å². The molecule has 5 heteroatoms. The summed E-state index contributed by atoms with van der Waals surface area (Å²) in [5, 5.41) is 0.356. The third-order valence-electron chi connectivity index (χ3n) is 2.97. The Kier molecular flexibility index (Phi) is 3.34. The van der Waals surface area contributed by atoms with Gasteiger partial charge in [0.1, 0.15) is 23.5 Å². The van der Waals surface area contributed by atoms with Crippen LogP contribution in [-0.2, 0) is 0 Å². The Labute approximate surface area is 81.5 Å². The van der Waals surface area contributed by atoms with Gasteiger partial charge in [-0.1, -0.05) is 12.2 Å². The molecule has 1 aliphatic rings. The number of rotatable bonds is 1. The van der Waals surface area contributed by atoms with Gasteiger partial charge in [-0.25, -0.2) is 0 Å². The average molecular weight is 181 g/mol. The normalized spacial score (nSPS) is 33.5. The van der Waals surface area contributed by atoms with Gasteiger partial charge >= 0.3 is 0 Å². The van der Waals surface area contributed by atoms with Crippen LogP contribution in [0.15, 0.2) is 0 Å². The van der Waals surface area contributed by atoms with E-state index in [1.54, 1.807) is 0 Å². The highest BCUT2D eigenvalue weighted by atomic mass is 31.0. The second-order valence-corrected chi connectivity index (χ2v) is 5.90. The first kappa shape index (κ1) is 10.7. The van der Waals surface area contributed by atoms with Gasteiger partial charge in [0.15, 0.2) is 0 Å². The molecule has 0 aromatic rings. The Morgan fingerprint density at radius 1 is 1.42 bits per heavy atom. The molecule has 0 spiro atoms. The van der Waals surface area contributed by atoms with Crippen LogP contribution in [0.1, 0.15) is 13.3 Å². The van der Waals surface area contributed by atoms with Gasteiger partial charge in [0.2, 0.25) is 0 Å². The first-order valence-corrected chi connectivity index (χ1v) is 5.58. The second-order valence-electron chi connectivity index (χ2n) is 5.05. The van der Waals surface area contributed by atoms with Gasteiger partial charge in [-0.2, -0.15) is 0 Å². The van der Waals surface area contributed by atoms with E-state index in [0.29, 0.717) is 5.24 Å². The monoisotopic (exact) mass is 181 g/mol. The lowest BCUT2D eigenvalue weighted by Crippen LogP contribution is -2.56. The first-order chi connectivity index (χ1) is 5.41. The molecular formula is C7H19B3NP. The van der Waals surface area contributed by atoms with Crippen LogP contribution in [0.5, 0.6) is 0 Å². The summed E-state index contributed by atoms with van der Waals surface area (Å²) in [6.45, 7) is 4.88. The van der Waals surface area contributed by atoms with Crippen molar-refractivity contribution in [3.05, 3.63) is 0 Å². The van der Waals surface area contributed by atoms with Crippen molar-refractivity contribution in [2.24, 2.45) is 5.92 Å². The van der Waals surface area contributed by atoms with E-state index in [9.17, 15) is 0 Å². The fourth-order valence-electron chi connectivity index (χ4n) is 1.71. The van der Waals surface area contributed by atoms with Crippen LogP contribution in [0.2, 0.25) is 0 Å². The fourth-order valence-corrected chi connectivity index (χ4v) is 2.16. The third kappa shape index (κ3) is 2.54. The van der Waals surface area contributed by atoms with Crippen LogP contribution in [-0.4, -0.2) is 52.4 Å². The van der Waals surface area contributed by atoms with Gasteiger partial charge in [0, 0.05) is 6.54 Å². The predicted molar refractivity (Wildman–Crippen MR) is 67.2 cm³/mol. The van der Waals surface area contributed by atoms with Crippen LogP contribution in [0, 0.1) is 5.92 Å². The van der Waals surface area contributed by atoms with E-state index in [1.807, 2.05) is 0 Å². The van der Waals surface area contributed by atoms with Crippen molar-refractivity contribution in [1.82, 2.24) is 4.90 Å². The SMILES string of the molecule is BC(B)(B)N1CC[C@@H](C)C(P)C1. The molecule has 0 amide bonds. The van der Waals surface area contributed by atoms with Crippen LogP contribution >= 0.6 is 9.24 Å². The van der Waals surface area contributed by atoms with E-state index < -0.39 is 0 Å². The molecule has 0 aliphatic carbocycles. The molecule has 0 saturated carbocycles. The zero-order valence-electron chi connectivity index (χ0n) is 8.80. The topological polar surface area (TPSA) is 3.24 Å². The molecule has 3 atom stereocenters. The number of hydrogen-bond acceptors (Lipinski definition) is 1. The van der Waals surface area contributed by atoms with Crippen molar-refractivity contribution in [2.75, 3.05) is 13.1 Å². The molecule has 0 aromatic heterocycles. The molecule has 1 heterocycles. The van der Waals surface area contributed by atoms with Gasteiger partial charge < -0.3 is 4.90 Å². The average Bonchev–Trinajstić information content (AvgIpc) is 1.92. The van der Waals surface area contributed by atoms with Crippen molar-refractivity contribution >= 4 is 32.8 Å². The summed E-state index contributed by atoms with van der Waals surface area (Å²) in [5.74, 6) is 0.883. The highest BCUT2D eigenvalue weighted by Crippen LogP contribution is 2.25. The first-order valence-electron chi connectivity index (χ1n) is 4.92. The van der Waals surface area contributed by atoms with Gasteiger partial charge in [-0.3, -0.25) is 0 Å². The molecule has 0 bridgehead atoms. The van der Waals surface area contributed by atoms with E-state index >= 15 is 0 Å². The van der Waals surface area contributed by atoms with E-state index in [0.717, 1.165) is 11.6 Å². The molecular weight excluding hydrogens is 161 g/mol. The van der Waals surface area contributed by atoms with E-state index in [-0.39, 0.29) is 0 Å². The molecule has 2 unspecified atom stereocenters. The molecule has 1 fully saturated rings. The van der Waals surface area contributed by atoms with Crippen LogP contribution in [0.25, 0.3) is 0 Å². The minimum atomic E-state index is 0.356. The number of likely N-dealkylation sites (tertiary alicyclic amines) is 1. The quantitative estimate of drug-likeness (QED) is 0.336. The highest BCUT2D eigenvalue weighted by molar-refractivity contribution is 7.17. The highest BCUT2D eigenvalue weighted by Gasteiger charge is 2.29. The molecule has 0 N–H and O–H groups in total. The van der Waals surface area contributed by atoms with Gasteiger partial charge in [0.05, 0.1) is 0 Å². The maximum atomic E-state index is 2.99. The smallest absolute Gasteiger partial charge is 0.107 e. The molecule has 1 saturated heterocycles. The third-order valence-corrected chi connectivity index (χ3v) is 3.83. The molecule has 1 aliphatic heterocycles. The second kappa shape index (κ2) is 3.76. The lowest BCUT2D eigenvalue weighted by molar-refractivity contribution is 0.196.